The molecule has 0 unspecified atom stereocenters. The van der Waals surface area contributed by atoms with E-state index in [1.807, 2.05) is 32.0 Å². The lowest BCUT2D eigenvalue weighted by Gasteiger charge is -2.09. The molecule has 1 heterocycles. The van der Waals surface area contributed by atoms with Gasteiger partial charge in [-0.25, -0.2) is 4.68 Å². The maximum absolute atomic E-state index is 11.8. The maximum Gasteiger partial charge on any atom is 0.270 e. The summed E-state index contributed by atoms with van der Waals surface area (Å²) in [4.78, 5) is 11.8. The van der Waals surface area contributed by atoms with Crippen LogP contribution in [0.15, 0.2) is 29.1 Å². The Bertz CT molecular complexity index is 723. The number of hydrogen-bond acceptors (Lipinski definition) is 3. The Morgan fingerprint density at radius 2 is 2.05 bits per heavy atom. The average Bonchev–Trinajstić information content (AvgIpc) is 2.35. The lowest BCUT2D eigenvalue weighted by molar-refractivity contribution is 0.702. The van der Waals surface area contributed by atoms with E-state index < -0.39 is 0 Å². The summed E-state index contributed by atoms with van der Waals surface area (Å²) < 4.78 is 1.29. The van der Waals surface area contributed by atoms with Crippen molar-refractivity contribution in [2.24, 2.45) is 7.05 Å². The molecule has 0 radical (unpaired) electrons. The van der Waals surface area contributed by atoms with Crippen molar-refractivity contribution in [2.45, 2.75) is 20.3 Å². The van der Waals surface area contributed by atoms with E-state index in [4.69, 9.17) is 5.26 Å². The van der Waals surface area contributed by atoms with Crippen LogP contribution in [0.3, 0.4) is 0 Å². The molecular formula is C15H15N3O. The van der Waals surface area contributed by atoms with Crippen molar-refractivity contribution >= 4 is 0 Å². The quantitative estimate of drug-likeness (QED) is 0.823. The number of rotatable bonds is 2. The Labute approximate surface area is 111 Å². The first-order valence-electron chi connectivity index (χ1n) is 6.04. The molecule has 0 aliphatic heterocycles. The third kappa shape index (κ3) is 2.55. The summed E-state index contributed by atoms with van der Waals surface area (Å²) in [5.41, 5.74) is 4.27. The predicted molar refractivity (Wildman–Crippen MR) is 73.7 cm³/mol. The molecule has 0 spiro atoms. The van der Waals surface area contributed by atoms with E-state index >= 15 is 0 Å². The Morgan fingerprint density at radius 3 is 2.68 bits per heavy atom. The fraction of sp³-hybridized carbons (Fsp3) is 0.267. The van der Waals surface area contributed by atoms with E-state index in [9.17, 15) is 4.79 Å². The van der Waals surface area contributed by atoms with Gasteiger partial charge in [0.2, 0.25) is 0 Å². The largest absolute Gasteiger partial charge is 0.270 e. The number of nitrogens with zero attached hydrogens (tertiary/aromatic N) is 3. The summed E-state index contributed by atoms with van der Waals surface area (Å²) in [6.07, 6.45) is 0.104. The van der Waals surface area contributed by atoms with Crippen molar-refractivity contribution in [1.29, 1.82) is 5.26 Å². The number of nitriles is 1. The highest BCUT2D eigenvalue weighted by Crippen LogP contribution is 2.22. The molecular weight excluding hydrogens is 238 g/mol. The van der Waals surface area contributed by atoms with E-state index in [1.165, 1.54) is 10.2 Å². The Balaban J connectivity index is 2.63. The molecule has 0 N–H and O–H groups in total. The van der Waals surface area contributed by atoms with Crippen molar-refractivity contribution in [3.05, 3.63) is 51.3 Å². The number of aromatic nitrogens is 2. The van der Waals surface area contributed by atoms with Crippen LogP contribution in [0, 0.1) is 25.2 Å². The molecule has 1 aromatic carbocycles. The maximum atomic E-state index is 11.8. The van der Waals surface area contributed by atoms with Crippen molar-refractivity contribution in [3.8, 4) is 17.3 Å². The monoisotopic (exact) mass is 253 g/mol. The van der Waals surface area contributed by atoms with Crippen LogP contribution in [0.2, 0.25) is 0 Å². The summed E-state index contributed by atoms with van der Waals surface area (Å²) in [5, 5.41) is 13.0. The van der Waals surface area contributed by atoms with Gasteiger partial charge in [-0.3, -0.25) is 4.79 Å². The topological polar surface area (TPSA) is 58.7 Å². The molecule has 4 heteroatoms. The molecule has 0 fully saturated rings. The first kappa shape index (κ1) is 13.0. The molecule has 4 nitrogen and oxygen atoms in total. The van der Waals surface area contributed by atoms with Crippen LogP contribution in [-0.2, 0) is 13.5 Å². The number of benzene rings is 1. The summed E-state index contributed by atoms with van der Waals surface area (Å²) in [6, 6.07) is 9.81. The molecule has 1 aromatic heterocycles. The van der Waals surface area contributed by atoms with Gasteiger partial charge in [0.15, 0.2) is 0 Å². The molecule has 0 atom stereocenters. The lowest BCUT2D eigenvalue weighted by atomic mass is 10.0. The minimum absolute atomic E-state index is 0.104. The normalized spacial score (nSPS) is 10.2. The van der Waals surface area contributed by atoms with E-state index in [0.717, 1.165) is 16.8 Å². The fourth-order valence-corrected chi connectivity index (χ4v) is 2.11. The minimum Gasteiger partial charge on any atom is -0.267 e. The Kier molecular flexibility index (Phi) is 3.48. The second-order valence-corrected chi connectivity index (χ2v) is 4.64. The van der Waals surface area contributed by atoms with Crippen molar-refractivity contribution < 1.29 is 0 Å². The summed E-state index contributed by atoms with van der Waals surface area (Å²) in [7, 11) is 1.61. The fourth-order valence-electron chi connectivity index (χ4n) is 2.11. The molecule has 19 heavy (non-hydrogen) atoms. The smallest absolute Gasteiger partial charge is 0.267 e. The van der Waals surface area contributed by atoms with Crippen LogP contribution in [0.25, 0.3) is 11.3 Å². The van der Waals surface area contributed by atoms with Crippen molar-refractivity contribution in [1.82, 2.24) is 9.78 Å². The molecule has 0 aliphatic carbocycles. The van der Waals surface area contributed by atoms with Gasteiger partial charge < -0.3 is 0 Å². The Morgan fingerprint density at radius 1 is 1.32 bits per heavy atom. The zero-order chi connectivity index (χ0) is 14.0. The van der Waals surface area contributed by atoms with Crippen molar-refractivity contribution in [3.63, 3.8) is 0 Å². The van der Waals surface area contributed by atoms with Crippen molar-refractivity contribution in [2.75, 3.05) is 0 Å². The molecule has 0 aliphatic rings. The summed E-state index contributed by atoms with van der Waals surface area (Å²) in [6.45, 7) is 4.05. The van der Waals surface area contributed by atoms with Gasteiger partial charge in [0, 0.05) is 18.2 Å². The van der Waals surface area contributed by atoms with Gasteiger partial charge in [-0.2, -0.15) is 10.4 Å². The average molecular weight is 253 g/mol. The van der Waals surface area contributed by atoms with Crippen LogP contribution in [-0.4, -0.2) is 9.78 Å². The second-order valence-electron chi connectivity index (χ2n) is 4.64. The minimum atomic E-state index is -0.213. The summed E-state index contributed by atoms with van der Waals surface area (Å²) in [5.74, 6) is 0. The van der Waals surface area contributed by atoms with Gasteiger partial charge in [0.25, 0.3) is 5.56 Å². The molecule has 2 rings (SSSR count). The van der Waals surface area contributed by atoms with Crippen LogP contribution >= 0.6 is 0 Å². The zero-order valence-electron chi connectivity index (χ0n) is 11.3. The molecule has 0 amide bonds. The van der Waals surface area contributed by atoms with Gasteiger partial charge in [0.05, 0.1) is 18.2 Å². The van der Waals surface area contributed by atoms with Gasteiger partial charge >= 0.3 is 0 Å². The highest BCUT2D eigenvalue weighted by molar-refractivity contribution is 5.64. The van der Waals surface area contributed by atoms with E-state index in [2.05, 4.69) is 11.2 Å². The van der Waals surface area contributed by atoms with E-state index in [1.54, 1.807) is 13.1 Å². The molecule has 2 aromatic rings. The molecule has 96 valence electrons. The van der Waals surface area contributed by atoms with Crippen LogP contribution in [0.4, 0.5) is 0 Å². The highest BCUT2D eigenvalue weighted by Gasteiger charge is 2.09. The van der Waals surface area contributed by atoms with E-state index in [0.29, 0.717) is 5.56 Å². The van der Waals surface area contributed by atoms with Gasteiger partial charge in [-0.05, 0) is 25.5 Å². The summed E-state index contributed by atoms with van der Waals surface area (Å²) >= 11 is 0. The number of hydrogen-bond donors (Lipinski definition) is 0. The van der Waals surface area contributed by atoms with E-state index in [-0.39, 0.29) is 12.0 Å². The van der Waals surface area contributed by atoms with Crippen LogP contribution in [0.1, 0.15) is 16.7 Å². The van der Waals surface area contributed by atoms with Crippen LogP contribution < -0.4 is 5.56 Å². The zero-order valence-corrected chi connectivity index (χ0v) is 11.3. The molecule has 0 saturated heterocycles. The third-order valence-corrected chi connectivity index (χ3v) is 3.06. The first-order valence-corrected chi connectivity index (χ1v) is 6.04. The van der Waals surface area contributed by atoms with Gasteiger partial charge in [0.1, 0.15) is 0 Å². The van der Waals surface area contributed by atoms with Gasteiger partial charge in [-0.1, -0.05) is 23.8 Å². The highest BCUT2D eigenvalue weighted by atomic mass is 16.1. The predicted octanol–water partition coefficient (Wildman–Crippen LogP) is 2.13. The lowest BCUT2D eigenvalue weighted by Crippen LogP contribution is -2.23. The SMILES string of the molecule is Cc1ccc(-c2cc(CC#N)c(=O)n(C)n2)c(C)c1. The second kappa shape index (κ2) is 5.07. The molecule has 0 saturated carbocycles. The third-order valence-electron chi connectivity index (χ3n) is 3.06. The first-order chi connectivity index (χ1) is 9.02. The molecule has 0 bridgehead atoms. The van der Waals surface area contributed by atoms with Crippen LogP contribution in [0.5, 0.6) is 0 Å². The Hall–Kier alpha value is -2.41. The van der Waals surface area contributed by atoms with Gasteiger partial charge in [-0.15, -0.1) is 0 Å². The standard InChI is InChI=1S/C15H15N3O/c1-10-4-5-13(11(2)8-10)14-9-12(6-7-16)15(19)18(3)17-14/h4-5,8-9H,6H2,1-3H3. The number of aryl methyl sites for hydroxylation is 3.